The lowest BCUT2D eigenvalue weighted by Gasteiger charge is -2.16. The van der Waals surface area contributed by atoms with Gasteiger partial charge in [0.05, 0.1) is 17.6 Å². The molecule has 0 saturated carbocycles. The average molecular weight is 580 g/mol. The van der Waals surface area contributed by atoms with Gasteiger partial charge in [-0.1, -0.05) is 39.0 Å². The lowest BCUT2D eigenvalue weighted by Crippen LogP contribution is -2.22. The second-order valence-electron chi connectivity index (χ2n) is 10.1. The highest BCUT2D eigenvalue weighted by Gasteiger charge is 2.33. The van der Waals surface area contributed by atoms with Gasteiger partial charge in [-0.25, -0.2) is 19.4 Å². The van der Waals surface area contributed by atoms with Gasteiger partial charge >= 0.3 is 12.4 Å². The van der Waals surface area contributed by atoms with Crippen LogP contribution >= 0.6 is 0 Å². The van der Waals surface area contributed by atoms with Crippen LogP contribution in [0.3, 0.4) is 0 Å². The Morgan fingerprint density at radius 3 is 2.40 bits per heavy atom. The van der Waals surface area contributed by atoms with Gasteiger partial charge in [0.2, 0.25) is 0 Å². The Hall–Kier alpha value is -5.40. The minimum absolute atomic E-state index is 0.0111. The van der Waals surface area contributed by atoms with Crippen molar-refractivity contribution in [1.29, 1.82) is 0 Å². The number of alkyl halides is 3. The van der Waals surface area contributed by atoms with Crippen molar-refractivity contribution in [3.8, 4) is 22.9 Å². The summed E-state index contributed by atoms with van der Waals surface area (Å²) in [5, 5.41) is 9.85. The number of hydrogen-bond donors (Lipinski definition) is 3. The number of anilines is 2. The molecule has 11 nitrogen and oxygen atoms in total. The summed E-state index contributed by atoms with van der Waals surface area (Å²) < 4.78 is 51.3. The van der Waals surface area contributed by atoms with Gasteiger partial charge in [0.1, 0.15) is 11.3 Å². The molecule has 0 radical (unpaired) electrons. The lowest BCUT2D eigenvalue weighted by atomic mass is 9.92. The van der Waals surface area contributed by atoms with Crippen LogP contribution in [0.15, 0.2) is 77.9 Å². The molecule has 42 heavy (non-hydrogen) atoms. The number of halogens is 3. The lowest BCUT2D eigenvalue weighted by molar-refractivity contribution is -0.275. The predicted molar refractivity (Wildman–Crippen MR) is 148 cm³/mol. The number of pyridine rings is 1. The Bertz CT molecular complexity index is 1810. The predicted octanol–water partition coefficient (Wildman–Crippen LogP) is 6.14. The Labute approximate surface area is 236 Å². The normalized spacial score (nSPS) is 11.8. The number of carbonyl (C=O) groups excluding carboxylic acids is 1. The second-order valence-corrected chi connectivity index (χ2v) is 10.1. The first kappa shape index (κ1) is 28.1. The number of benzene rings is 2. The van der Waals surface area contributed by atoms with Crippen molar-refractivity contribution in [2.75, 3.05) is 10.6 Å². The third-order valence-corrected chi connectivity index (χ3v) is 5.81. The first-order valence-corrected chi connectivity index (χ1v) is 12.5. The Balaban J connectivity index is 1.42. The molecule has 2 aromatic carbocycles. The van der Waals surface area contributed by atoms with Gasteiger partial charge in [-0.05, 0) is 24.3 Å². The summed E-state index contributed by atoms with van der Waals surface area (Å²) in [6, 6.07) is 15.0. The van der Waals surface area contributed by atoms with E-state index in [0.29, 0.717) is 17.2 Å². The number of nitrogens with zero attached hydrogens (tertiary/aromatic N) is 4. The van der Waals surface area contributed by atoms with Crippen LogP contribution in [0.2, 0.25) is 0 Å². The fraction of sp³-hybridized carbons (Fsp3) is 0.179. The van der Waals surface area contributed by atoms with Gasteiger partial charge in [0, 0.05) is 35.5 Å². The largest absolute Gasteiger partial charge is 0.573 e. The van der Waals surface area contributed by atoms with E-state index in [-0.39, 0.29) is 33.8 Å². The summed E-state index contributed by atoms with van der Waals surface area (Å²) in [4.78, 5) is 34.9. The molecule has 3 N–H and O–H groups in total. The Morgan fingerprint density at radius 1 is 0.929 bits per heavy atom. The van der Waals surface area contributed by atoms with Crippen molar-refractivity contribution in [2.45, 2.75) is 32.5 Å². The molecule has 0 saturated heterocycles. The van der Waals surface area contributed by atoms with Gasteiger partial charge in [0.25, 0.3) is 5.56 Å². The highest BCUT2D eigenvalue weighted by Crippen LogP contribution is 2.38. The van der Waals surface area contributed by atoms with Crippen molar-refractivity contribution < 1.29 is 27.4 Å². The van der Waals surface area contributed by atoms with Gasteiger partial charge < -0.3 is 19.8 Å². The van der Waals surface area contributed by atoms with Gasteiger partial charge in [-0.15, -0.1) is 13.2 Å². The number of H-pyrrole nitrogens is 1. The molecular weight excluding hydrogens is 555 g/mol. The summed E-state index contributed by atoms with van der Waals surface area (Å²) >= 11 is 0. The number of aromatic nitrogens is 5. The molecule has 0 aliphatic rings. The summed E-state index contributed by atoms with van der Waals surface area (Å²) in [5.41, 5.74) is 0.766. The maximum Gasteiger partial charge on any atom is 0.573 e. The summed E-state index contributed by atoms with van der Waals surface area (Å²) in [7, 11) is 0. The van der Waals surface area contributed by atoms with E-state index in [1.807, 2.05) is 51.1 Å². The molecule has 3 aromatic heterocycles. The standard InChI is InChI=1S/C28H24F3N7O4/c1-27(2,3)21-14-22(38(37-21)17-7-5-4-6-8-17)35-26(40)34-16-9-10-18(20(13-16)42-28(29,30)31)41-19-11-12-32-25-24(19)33-15-23(39)36-25/h4-15H,1-3H3,(H,32,36,39)(H2,34,35,40). The monoisotopic (exact) mass is 579 g/mol. The fourth-order valence-electron chi connectivity index (χ4n) is 3.88. The van der Waals surface area contributed by atoms with E-state index in [0.717, 1.165) is 12.3 Å². The SMILES string of the molecule is CC(C)(C)c1cc(NC(=O)Nc2ccc(Oc3ccnc4[nH]c(=O)cnc34)c(OC(F)(F)F)c2)n(-c2ccccc2)n1. The van der Waals surface area contributed by atoms with E-state index in [1.165, 1.54) is 24.4 Å². The topological polar surface area (TPSA) is 136 Å². The molecule has 3 heterocycles. The average Bonchev–Trinajstić information content (AvgIpc) is 3.34. The van der Waals surface area contributed by atoms with Crippen molar-refractivity contribution in [3.05, 3.63) is 89.1 Å². The van der Waals surface area contributed by atoms with Crippen LogP contribution in [-0.4, -0.2) is 37.1 Å². The first-order valence-electron chi connectivity index (χ1n) is 12.5. The molecule has 0 spiro atoms. The van der Waals surface area contributed by atoms with Gasteiger partial charge in [0.15, 0.2) is 22.9 Å². The summed E-state index contributed by atoms with van der Waals surface area (Å²) in [5.74, 6) is -0.675. The van der Waals surface area contributed by atoms with Crippen LogP contribution < -0.4 is 25.7 Å². The van der Waals surface area contributed by atoms with Gasteiger partial charge in [-0.3, -0.25) is 10.1 Å². The zero-order valence-electron chi connectivity index (χ0n) is 22.5. The van der Waals surface area contributed by atoms with Crippen LogP contribution in [0, 0.1) is 0 Å². The van der Waals surface area contributed by atoms with Crippen LogP contribution in [-0.2, 0) is 5.41 Å². The van der Waals surface area contributed by atoms with E-state index >= 15 is 0 Å². The molecule has 0 atom stereocenters. The minimum atomic E-state index is -5.06. The number of para-hydroxylation sites is 1. The Morgan fingerprint density at radius 2 is 1.69 bits per heavy atom. The van der Waals surface area contributed by atoms with Crippen molar-refractivity contribution >= 4 is 28.7 Å². The number of rotatable bonds is 6. The Kier molecular flexibility index (Phi) is 7.29. The van der Waals surface area contributed by atoms with E-state index in [2.05, 4.69) is 35.4 Å². The summed E-state index contributed by atoms with van der Waals surface area (Å²) in [6.45, 7) is 5.93. The van der Waals surface area contributed by atoms with Crippen LogP contribution in [0.1, 0.15) is 26.5 Å². The number of urea groups is 1. The highest BCUT2D eigenvalue weighted by molar-refractivity contribution is 5.99. The number of aromatic amines is 1. The molecule has 14 heteroatoms. The maximum atomic E-state index is 13.3. The third-order valence-electron chi connectivity index (χ3n) is 5.81. The second kappa shape index (κ2) is 10.9. The van der Waals surface area contributed by atoms with E-state index in [9.17, 15) is 22.8 Å². The molecule has 0 aliphatic carbocycles. The van der Waals surface area contributed by atoms with E-state index in [1.54, 1.807) is 10.7 Å². The molecule has 2 amide bonds. The molecule has 5 rings (SSSR count). The first-order chi connectivity index (χ1) is 19.9. The zero-order valence-corrected chi connectivity index (χ0v) is 22.5. The number of hydrogen-bond acceptors (Lipinski definition) is 7. The number of nitrogens with one attached hydrogen (secondary N) is 3. The van der Waals surface area contributed by atoms with E-state index in [4.69, 9.17) is 4.74 Å². The molecule has 0 fully saturated rings. The zero-order chi connectivity index (χ0) is 30.1. The number of carbonyl (C=O) groups is 1. The number of amides is 2. The third kappa shape index (κ3) is 6.49. The molecule has 216 valence electrons. The number of fused-ring (bicyclic) bond motifs is 1. The van der Waals surface area contributed by atoms with Crippen LogP contribution in [0.25, 0.3) is 16.9 Å². The maximum absolute atomic E-state index is 13.3. The summed E-state index contributed by atoms with van der Waals surface area (Å²) in [6.07, 6.45) is -2.77. The minimum Gasteiger partial charge on any atom is -0.451 e. The van der Waals surface area contributed by atoms with Gasteiger partial charge in [-0.2, -0.15) is 5.10 Å². The van der Waals surface area contributed by atoms with Crippen molar-refractivity contribution in [1.82, 2.24) is 24.7 Å². The van der Waals surface area contributed by atoms with Crippen molar-refractivity contribution in [2.24, 2.45) is 0 Å². The molecule has 0 unspecified atom stereocenters. The fourth-order valence-corrected chi connectivity index (χ4v) is 3.88. The van der Waals surface area contributed by atoms with E-state index < -0.39 is 23.7 Å². The quantitative estimate of drug-likeness (QED) is 0.220. The van der Waals surface area contributed by atoms with Crippen LogP contribution in [0.5, 0.6) is 17.2 Å². The molecule has 0 bridgehead atoms. The highest BCUT2D eigenvalue weighted by atomic mass is 19.4. The smallest absolute Gasteiger partial charge is 0.451 e. The molecular formula is C28H24F3N7O4. The molecule has 5 aromatic rings. The molecule has 0 aliphatic heterocycles. The number of ether oxygens (including phenoxy) is 2. The van der Waals surface area contributed by atoms with Crippen molar-refractivity contribution in [3.63, 3.8) is 0 Å². The van der Waals surface area contributed by atoms with Crippen LogP contribution in [0.4, 0.5) is 29.5 Å².